The van der Waals surface area contributed by atoms with Crippen LogP contribution < -0.4 is 10.1 Å². The summed E-state index contributed by atoms with van der Waals surface area (Å²) in [6.45, 7) is 0.532. The van der Waals surface area contributed by atoms with Crippen LogP contribution in [0.5, 0.6) is 5.75 Å². The zero-order valence-corrected chi connectivity index (χ0v) is 14.5. The summed E-state index contributed by atoms with van der Waals surface area (Å²) in [6, 6.07) is 13.6. The average molecular weight is 341 g/mol. The molecule has 0 unspecified atom stereocenters. The number of aromatic nitrogens is 2. The van der Waals surface area contributed by atoms with Gasteiger partial charge in [0, 0.05) is 13.6 Å². The number of hydrogen-bond donors (Lipinski definition) is 1. The summed E-state index contributed by atoms with van der Waals surface area (Å²) >= 11 is 1.63. The number of thiophene rings is 1. The largest absolute Gasteiger partial charge is 0.496 e. The molecule has 0 fully saturated rings. The molecule has 0 radical (unpaired) electrons. The van der Waals surface area contributed by atoms with Crippen LogP contribution in [0, 0.1) is 0 Å². The molecule has 1 N–H and O–H groups in total. The van der Waals surface area contributed by atoms with Gasteiger partial charge in [-0.05, 0) is 35.6 Å². The second-order valence-corrected chi connectivity index (χ2v) is 6.28. The Kier molecular flexibility index (Phi) is 4.96. The highest BCUT2D eigenvalue weighted by atomic mass is 32.1. The lowest BCUT2D eigenvalue weighted by Gasteiger charge is -2.08. The quantitative estimate of drug-likeness (QED) is 0.749. The molecule has 0 atom stereocenters. The number of rotatable bonds is 6. The lowest BCUT2D eigenvalue weighted by atomic mass is 10.1. The number of aryl methyl sites for hydroxylation is 1. The Bertz CT molecular complexity index is 825. The first-order valence-electron chi connectivity index (χ1n) is 7.67. The molecule has 2 heterocycles. The van der Waals surface area contributed by atoms with Gasteiger partial charge in [-0.2, -0.15) is 5.10 Å². The standard InChI is InChI=1S/C18H19N3O2S/c1-21-15(17-8-5-11-24-17)12-14(20-21)18(22)19-10-9-13-6-3-4-7-16(13)23-2/h3-8,11-12H,9-10H2,1-2H3,(H,19,22). The van der Waals surface area contributed by atoms with E-state index in [4.69, 9.17) is 4.74 Å². The van der Waals surface area contributed by atoms with E-state index in [2.05, 4.69) is 10.4 Å². The van der Waals surface area contributed by atoms with Crippen molar-refractivity contribution in [3.05, 3.63) is 59.1 Å². The van der Waals surface area contributed by atoms with Crippen LogP contribution in [0.15, 0.2) is 47.8 Å². The van der Waals surface area contributed by atoms with Crippen LogP contribution in [0.3, 0.4) is 0 Å². The molecular weight excluding hydrogens is 322 g/mol. The summed E-state index contributed by atoms with van der Waals surface area (Å²) in [4.78, 5) is 13.4. The first-order valence-corrected chi connectivity index (χ1v) is 8.55. The van der Waals surface area contributed by atoms with E-state index in [0.717, 1.165) is 21.9 Å². The third-order valence-electron chi connectivity index (χ3n) is 3.76. The van der Waals surface area contributed by atoms with E-state index in [1.54, 1.807) is 23.1 Å². The second-order valence-electron chi connectivity index (χ2n) is 5.33. The summed E-state index contributed by atoms with van der Waals surface area (Å²) < 4.78 is 7.06. The summed E-state index contributed by atoms with van der Waals surface area (Å²) in [5, 5.41) is 9.24. The summed E-state index contributed by atoms with van der Waals surface area (Å²) in [5.41, 5.74) is 2.45. The molecule has 24 heavy (non-hydrogen) atoms. The van der Waals surface area contributed by atoms with E-state index in [9.17, 15) is 4.79 Å². The molecule has 2 aromatic heterocycles. The van der Waals surface area contributed by atoms with Crippen molar-refractivity contribution in [3.8, 4) is 16.3 Å². The number of amides is 1. The van der Waals surface area contributed by atoms with Gasteiger partial charge in [0.25, 0.3) is 5.91 Å². The van der Waals surface area contributed by atoms with E-state index in [-0.39, 0.29) is 5.91 Å². The van der Waals surface area contributed by atoms with Crippen LogP contribution in [0.1, 0.15) is 16.1 Å². The Morgan fingerprint density at radius 1 is 1.29 bits per heavy atom. The molecule has 124 valence electrons. The van der Waals surface area contributed by atoms with Crippen LogP contribution in [-0.4, -0.2) is 29.3 Å². The highest BCUT2D eigenvalue weighted by Gasteiger charge is 2.14. The number of ether oxygens (including phenoxy) is 1. The predicted molar refractivity (Wildman–Crippen MR) is 95.6 cm³/mol. The first-order chi connectivity index (χ1) is 11.7. The van der Waals surface area contributed by atoms with Crippen LogP contribution >= 0.6 is 11.3 Å². The van der Waals surface area contributed by atoms with Crippen molar-refractivity contribution < 1.29 is 9.53 Å². The van der Waals surface area contributed by atoms with Crippen molar-refractivity contribution in [3.63, 3.8) is 0 Å². The van der Waals surface area contributed by atoms with Crippen LogP contribution in [0.4, 0.5) is 0 Å². The Morgan fingerprint density at radius 2 is 2.12 bits per heavy atom. The fourth-order valence-corrected chi connectivity index (χ4v) is 3.32. The molecule has 3 aromatic rings. The summed E-state index contributed by atoms with van der Waals surface area (Å²) in [7, 11) is 3.50. The number of nitrogens with zero attached hydrogens (tertiary/aromatic N) is 2. The van der Waals surface area contributed by atoms with Gasteiger partial charge in [0.15, 0.2) is 5.69 Å². The normalized spacial score (nSPS) is 10.6. The number of hydrogen-bond acceptors (Lipinski definition) is 4. The molecular formula is C18H19N3O2S. The zero-order valence-electron chi connectivity index (χ0n) is 13.7. The molecule has 0 aliphatic heterocycles. The van der Waals surface area contributed by atoms with Crippen molar-refractivity contribution in [2.45, 2.75) is 6.42 Å². The monoisotopic (exact) mass is 341 g/mol. The van der Waals surface area contributed by atoms with Gasteiger partial charge in [0.2, 0.25) is 0 Å². The van der Waals surface area contributed by atoms with Gasteiger partial charge in [-0.1, -0.05) is 24.3 Å². The number of carbonyl (C=O) groups is 1. The van der Waals surface area contributed by atoms with E-state index < -0.39 is 0 Å². The van der Waals surface area contributed by atoms with E-state index >= 15 is 0 Å². The second kappa shape index (κ2) is 7.31. The Labute approximate surface area is 144 Å². The van der Waals surface area contributed by atoms with Gasteiger partial charge >= 0.3 is 0 Å². The maximum absolute atomic E-state index is 12.3. The number of methoxy groups -OCH3 is 1. The smallest absolute Gasteiger partial charge is 0.271 e. The predicted octanol–water partition coefficient (Wildman–Crippen LogP) is 3.13. The molecule has 5 nitrogen and oxygen atoms in total. The number of carbonyl (C=O) groups excluding carboxylic acids is 1. The Morgan fingerprint density at radius 3 is 2.88 bits per heavy atom. The highest BCUT2D eigenvalue weighted by Crippen LogP contribution is 2.24. The highest BCUT2D eigenvalue weighted by molar-refractivity contribution is 7.13. The third kappa shape index (κ3) is 3.49. The molecule has 0 spiro atoms. The van der Waals surface area contributed by atoms with E-state index in [1.165, 1.54) is 0 Å². The lowest BCUT2D eigenvalue weighted by molar-refractivity contribution is 0.0948. The van der Waals surface area contributed by atoms with E-state index in [0.29, 0.717) is 18.7 Å². The fourth-order valence-electron chi connectivity index (χ4n) is 2.54. The number of nitrogens with one attached hydrogen (secondary N) is 1. The van der Waals surface area contributed by atoms with Gasteiger partial charge < -0.3 is 10.1 Å². The Balaban J connectivity index is 1.63. The van der Waals surface area contributed by atoms with Crippen molar-refractivity contribution >= 4 is 17.2 Å². The average Bonchev–Trinajstić information content (AvgIpc) is 3.24. The molecule has 0 saturated carbocycles. The summed E-state index contributed by atoms with van der Waals surface area (Å²) in [6.07, 6.45) is 0.709. The van der Waals surface area contributed by atoms with Gasteiger partial charge in [0.1, 0.15) is 5.75 Å². The number of benzene rings is 1. The topological polar surface area (TPSA) is 56.1 Å². The maximum atomic E-state index is 12.3. The lowest BCUT2D eigenvalue weighted by Crippen LogP contribution is -2.26. The molecule has 1 amide bonds. The molecule has 0 saturated heterocycles. The maximum Gasteiger partial charge on any atom is 0.271 e. The Hall–Kier alpha value is -2.60. The molecule has 3 rings (SSSR count). The van der Waals surface area contributed by atoms with Crippen molar-refractivity contribution in [2.24, 2.45) is 7.05 Å². The number of para-hydroxylation sites is 1. The fraction of sp³-hybridized carbons (Fsp3) is 0.222. The SMILES string of the molecule is COc1ccccc1CCNC(=O)c1cc(-c2cccs2)n(C)n1. The molecule has 0 bridgehead atoms. The zero-order chi connectivity index (χ0) is 16.9. The van der Waals surface area contributed by atoms with Crippen LogP contribution in [-0.2, 0) is 13.5 Å². The third-order valence-corrected chi connectivity index (χ3v) is 4.65. The van der Waals surface area contributed by atoms with Crippen molar-refractivity contribution in [2.75, 3.05) is 13.7 Å². The first kappa shape index (κ1) is 16.3. The molecule has 0 aliphatic carbocycles. The molecule has 1 aromatic carbocycles. The van der Waals surface area contributed by atoms with Crippen molar-refractivity contribution in [1.82, 2.24) is 15.1 Å². The van der Waals surface area contributed by atoms with E-state index in [1.807, 2.05) is 54.9 Å². The minimum absolute atomic E-state index is 0.164. The summed E-state index contributed by atoms with van der Waals surface area (Å²) in [5.74, 6) is 0.674. The van der Waals surface area contributed by atoms with Gasteiger partial charge in [0.05, 0.1) is 17.7 Å². The minimum Gasteiger partial charge on any atom is -0.496 e. The van der Waals surface area contributed by atoms with Gasteiger partial charge in [-0.3, -0.25) is 9.48 Å². The van der Waals surface area contributed by atoms with Crippen molar-refractivity contribution in [1.29, 1.82) is 0 Å². The molecule has 0 aliphatic rings. The van der Waals surface area contributed by atoms with Gasteiger partial charge in [-0.25, -0.2) is 0 Å². The minimum atomic E-state index is -0.164. The van der Waals surface area contributed by atoms with Crippen LogP contribution in [0.2, 0.25) is 0 Å². The molecule has 6 heteroatoms. The van der Waals surface area contributed by atoms with Crippen LogP contribution in [0.25, 0.3) is 10.6 Å². The van der Waals surface area contributed by atoms with Gasteiger partial charge in [-0.15, -0.1) is 11.3 Å².